The zero-order valence-electron chi connectivity index (χ0n) is 16.3. The Morgan fingerprint density at radius 2 is 1.89 bits per heavy atom. The summed E-state index contributed by atoms with van der Waals surface area (Å²) < 4.78 is 19.1. The van der Waals surface area contributed by atoms with E-state index in [9.17, 15) is 9.18 Å². The number of aromatic nitrogens is 2. The topological polar surface area (TPSA) is 59.2 Å². The predicted octanol–water partition coefficient (Wildman–Crippen LogP) is 4.63. The van der Waals surface area contributed by atoms with Crippen LogP contribution in [-0.4, -0.2) is 33.3 Å². The Bertz CT molecular complexity index is 969. The van der Waals surface area contributed by atoms with Gasteiger partial charge in [-0.3, -0.25) is 4.79 Å². The molecule has 28 heavy (non-hydrogen) atoms. The number of halogens is 1. The van der Waals surface area contributed by atoms with Crippen LogP contribution < -0.4 is 0 Å². The first-order valence-electron chi connectivity index (χ1n) is 8.90. The highest BCUT2D eigenvalue weighted by Gasteiger charge is 2.22. The highest BCUT2D eigenvalue weighted by Crippen LogP contribution is 2.28. The molecule has 0 bridgehead atoms. The van der Waals surface area contributed by atoms with Crippen molar-refractivity contribution in [1.29, 1.82) is 0 Å². The molecule has 0 aliphatic rings. The first kappa shape index (κ1) is 20.1. The lowest BCUT2D eigenvalue weighted by molar-refractivity contribution is -0.129. The Morgan fingerprint density at radius 3 is 2.57 bits per heavy atom. The molecule has 1 amide bonds. The minimum absolute atomic E-state index is 0.0968. The van der Waals surface area contributed by atoms with Crippen LogP contribution in [0.4, 0.5) is 4.39 Å². The van der Waals surface area contributed by atoms with Crippen LogP contribution in [-0.2, 0) is 11.3 Å². The van der Waals surface area contributed by atoms with Crippen molar-refractivity contribution in [2.75, 3.05) is 7.05 Å². The Labute approximate surface area is 168 Å². The van der Waals surface area contributed by atoms with Crippen molar-refractivity contribution in [2.24, 2.45) is 0 Å². The summed E-state index contributed by atoms with van der Waals surface area (Å²) in [5, 5.41) is 8.09. The molecule has 3 aromatic rings. The SMILES string of the molecule is Cc1cc(C)cc(-c2nnc(S[C@H](C)C(=O)N(C)Cc3cccc(F)c3)o2)c1. The standard InChI is InChI=1S/C21H22FN3O2S/c1-13-8-14(2)10-17(9-13)19-23-24-21(27-19)28-15(3)20(26)25(4)12-16-6-5-7-18(22)11-16/h5-11,15H,12H2,1-4H3/t15-/m1/s1. The molecule has 3 rings (SSSR count). The average Bonchev–Trinajstić information content (AvgIpc) is 3.08. The van der Waals surface area contributed by atoms with E-state index in [1.165, 1.54) is 23.9 Å². The van der Waals surface area contributed by atoms with E-state index in [0.717, 1.165) is 22.3 Å². The lowest BCUT2D eigenvalue weighted by Crippen LogP contribution is -2.32. The molecule has 0 radical (unpaired) electrons. The number of amides is 1. The third-order valence-corrected chi connectivity index (χ3v) is 5.11. The number of hydrogen-bond acceptors (Lipinski definition) is 5. The van der Waals surface area contributed by atoms with Crippen LogP contribution >= 0.6 is 11.8 Å². The van der Waals surface area contributed by atoms with Gasteiger partial charge in [-0.2, -0.15) is 0 Å². The number of aryl methyl sites for hydroxylation is 2. The van der Waals surface area contributed by atoms with Crippen molar-refractivity contribution in [1.82, 2.24) is 15.1 Å². The molecule has 0 unspecified atom stereocenters. The monoisotopic (exact) mass is 399 g/mol. The first-order chi connectivity index (χ1) is 13.3. The zero-order valence-corrected chi connectivity index (χ0v) is 17.1. The maximum absolute atomic E-state index is 13.3. The van der Waals surface area contributed by atoms with Gasteiger partial charge in [-0.05, 0) is 50.6 Å². The summed E-state index contributed by atoms with van der Waals surface area (Å²) in [5.41, 5.74) is 3.83. The third-order valence-electron chi connectivity index (χ3n) is 4.19. The molecule has 2 aromatic carbocycles. The van der Waals surface area contributed by atoms with E-state index >= 15 is 0 Å². The highest BCUT2D eigenvalue weighted by atomic mass is 32.2. The second-order valence-electron chi connectivity index (χ2n) is 6.83. The number of carbonyl (C=O) groups is 1. The van der Waals surface area contributed by atoms with Crippen LogP contribution in [0.15, 0.2) is 52.1 Å². The van der Waals surface area contributed by atoms with E-state index in [2.05, 4.69) is 16.3 Å². The minimum atomic E-state index is -0.411. The Hall–Kier alpha value is -2.67. The molecule has 1 heterocycles. The summed E-state index contributed by atoms with van der Waals surface area (Å²) in [6, 6.07) is 12.3. The Balaban J connectivity index is 1.64. The van der Waals surface area contributed by atoms with Gasteiger partial charge in [0, 0.05) is 19.2 Å². The number of carbonyl (C=O) groups excluding carboxylic acids is 1. The minimum Gasteiger partial charge on any atom is -0.411 e. The summed E-state index contributed by atoms with van der Waals surface area (Å²) in [5.74, 6) is 0.0213. The van der Waals surface area contributed by atoms with Gasteiger partial charge in [-0.1, -0.05) is 41.1 Å². The molecular weight excluding hydrogens is 377 g/mol. The zero-order chi connectivity index (χ0) is 20.3. The van der Waals surface area contributed by atoms with Crippen molar-refractivity contribution in [3.63, 3.8) is 0 Å². The number of hydrogen-bond donors (Lipinski definition) is 0. The fraction of sp³-hybridized carbons (Fsp3) is 0.286. The molecule has 1 atom stereocenters. The van der Waals surface area contributed by atoms with Gasteiger partial charge in [0.25, 0.3) is 5.22 Å². The van der Waals surface area contributed by atoms with E-state index in [0.29, 0.717) is 17.7 Å². The predicted molar refractivity (Wildman–Crippen MR) is 107 cm³/mol. The molecule has 0 N–H and O–H groups in total. The molecule has 0 saturated heterocycles. The number of thioether (sulfide) groups is 1. The summed E-state index contributed by atoms with van der Waals surface area (Å²) in [6.07, 6.45) is 0. The third kappa shape index (κ3) is 4.98. The van der Waals surface area contributed by atoms with Crippen molar-refractivity contribution in [3.8, 4) is 11.5 Å². The average molecular weight is 399 g/mol. The molecule has 1 aromatic heterocycles. The van der Waals surface area contributed by atoms with Crippen LogP contribution in [0.25, 0.3) is 11.5 Å². The van der Waals surface area contributed by atoms with Gasteiger partial charge in [0.05, 0.1) is 5.25 Å². The van der Waals surface area contributed by atoms with Crippen LogP contribution in [0.3, 0.4) is 0 Å². The van der Waals surface area contributed by atoms with Gasteiger partial charge in [0.2, 0.25) is 11.8 Å². The fourth-order valence-corrected chi connectivity index (χ4v) is 3.77. The summed E-state index contributed by atoms with van der Waals surface area (Å²) in [6.45, 7) is 6.14. The quantitative estimate of drug-likeness (QED) is 0.566. The van der Waals surface area contributed by atoms with E-state index in [1.54, 1.807) is 31.0 Å². The van der Waals surface area contributed by atoms with Gasteiger partial charge < -0.3 is 9.32 Å². The summed E-state index contributed by atoms with van der Waals surface area (Å²) in [4.78, 5) is 14.2. The van der Waals surface area contributed by atoms with Gasteiger partial charge >= 0.3 is 0 Å². The van der Waals surface area contributed by atoms with Crippen LogP contribution in [0.5, 0.6) is 0 Å². The van der Waals surface area contributed by atoms with E-state index in [-0.39, 0.29) is 11.7 Å². The molecule has 0 aliphatic heterocycles. The second kappa shape index (κ2) is 8.56. The molecule has 146 valence electrons. The molecule has 0 saturated carbocycles. The molecular formula is C21H22FN3O2S. The molecule has 0 spiro atoms. The molecule has 0 aliphatic carbocycles. The van der Waals surface area contributed by atoms with E-state index in [4.69, 9.17) is 4.42 Å². The second-order valence-corrected chi connectivity index (χ2v) is 8.13. The van der Waals surface area contributed by atoms with Gasteiger partial charge in [0.15, 0.2) is 0 Å². The maximum atomic E-state index is 13.3. The van der Waals surface area contributed by atoms with Crippen LogP contribution in [0, 0.1) is 19.7 Å². The van der Waals surface area contributed by atoms with Gasteiger partial charge in [-0.25, -0.2) is 4.39 Å². The Kier molecular flexibility index (Phi) is 6.14. The van der Waals surface area contributed by atoms with Crippen LogP contribution in [0.2, 0.25) is 0 Å². The normalized spacial score (nSPS) is 12.0. The number of nitrogens with zero attached hydrogens (tertiary/aromatic N) is 3. The fourth-order valence-electron chi connectivity index (χ4n) is 2.97. The molecule has 5 nitrogen and oxygen atoms in total. The molecule has 0 fully saturated rings. The largest absolute Gasteiger partial charge is 0.411 e. The van der Waals surface area contributed by atoms with Crippen molar-refractivity contribution in [2.45, 2.75) is 37.8 Å². The van der Waals surface area contributed by atoms with Crippen LogP contribution in [0.1, 0.15) is 23.6 Å². The summed E-state index contributed by atoms with van der Waals surface area (Å²) in [7, 11) is 1.69. The van der Waals surface area contributed by atoms with Crippen molar-refractivity contribution < 1.29 is 13.6 Å². The van der Waals surface area contributed by atoms with Crippen molar-refractivity contribution in [3.05, 3.63) is 65.0 Å². The Morgan fingerprint density at radius 1 is 1.18 bits per heavy atom. The molecule has 7 heteroatoms. The van der Waals surface area contributed by atoms with Gasteiger partial charge in [0.1, 0.15) is 5.82 Å². The number of benzene rings is 2. The van der Waals surface area contributed by atoms with Gasteiger partial charge in [-0.15, -0.1) is 10.2 Å². The lowest BCUT2D eigenvalue weighted by atomic mass is 10.1. The number of rotatable bonds is 6. The van der Waals surface area contributed by atoms with E-state index in [1.807, 2.05) is 26.0 Å². The van der Waals surface area contributed by atoms with Crippen molar-refractivity contribution >= 4 is 17.7 Å². The summed E-state index contributed by atoms with van der Waals surface area (Å²) >= 11 is 1.21. The van der Waals surface area contributed by atoms with E-state index < -0.39 is 5.25 Å². The highest BCUT2D eigenvalue weighted by molar-refractivity contribution is 8.00. The first-order valence-corrected chi connectivity index (χ1v) is 9.78. The smallest absolute Gasteiger partial charge is 0.277 e. The maximum Gasteiger partial charge on any atom is 0.277 e. The lowest BCUT2D eigenvalue weighted by Gasteiger charge is -2.20.